The average Bonchev–Trinajstić information content (AvgIpc) is 2.44. The van der Waals surface area contributed by atoms with Gasteiger partial charge in [0.25, 0.3) is 0 Å². The van der Waals surface area contributed by atoms with Gasteiger partial charge in [-0.2, -0.15) is 0 Å². The molecule has 0 radical (unpaired) electrons. The first kappa shape index (κ1) is 18.0. The molecule has 0 aromatic heterocycles. The molecule has 0 atom stereocenters. The van der Waals surface area contributed by atoms with Gasteiger partial charge in [0.05, 0.1) is 6.61 Å². The Morgan fingerprint density at radius 3 is 2.00 bits per heavy atom. The molecule has 1 aromatic rings. The number of ether oxygens (including phenoxy) is 1. The van der Waals surface area contributed by atoms with Crippen LogP contribution in [0.2, 0.25) is 0 Å². The predicted molar refractivity (Wildman–Crippen MR) is 92.4 cm³/mol. The first-order chi connectivity index (χ1) is 10.1. The van der Waals surface area contributed by atoms with Gasteiger partial charge in [-0.1, -0.05) is 44.4 Å². The third-order valence-corrected chi connectivity index (χ3v) is 4.11. The van der Waals surface area contributed by atoms with Crippen molar-refractivity contribution in [2.75, 3.05) is 26.2 Å². The van der Waals surface area contributed by atoms with Crippen LogP contribution in [0.15, 0.2) is 12.1 Å². The van der Waals surface area contributed by atoms with Crippen LogP contribution in [0.5, 0.6) is 5.75 Å². The molecule has 0 aliphatic rings. The van der Waals surface area contributed by atoms with E-state index in [0.717, 1.165) is 18.8 Å². The second kappa shape index (κ2) is 9.83. The Balaban J connectivity index is 2.18. The number of hydrogen-bond acceptors (Lipinski definition) is 2. The fourth-order valence-electron chi connectivity index (χ4n) is 2.90. The van der Waals surface area contributed by atoms with Crippen LogP contribution in [-0.2, 0) is 0 Å². The summed E-state index contributed by atoms with van der Waals surface area (Å²) in [5.41, 5.74) is 3.83. The minimum atomic E-state index is 0.843. The molecule has 0 amide bonds. The standard InChI is InChI=1S/C19H33NO/c1-6-20(7-2)12-10-8-9-11-13-21-19-17(4)14-16(3)15-18(19)5/h14-15H,6-13H2,1-5H3. The third kappa shape index (κ3) is 6.52. The summed E-state index contributed by atoms with van der Waals surface area (Å²) < 4.78 is 5.98. The quantitative estimate of drug-likeness (QED) is 0.569. The zero-order valence-electron chi connectivity index (χ0n) is 14.7. The second-order valence-electron chi connectivity index (χ2n) is 6.02. The highest BCUT2D eigenvalue weighted by atomic mass is 16.5. The summed E-state index contributed by atoms with van der Waals surface area (Å²) in [5, 5.41) is 0. The molecule has 0 aliphatic heterocycles. The third-order valence-electron chi connectivity index (χ3n) is 4.11. The lowest BCUT2D eigenvalue weighted by Crippen LogP contribution is -2.23. The maximum atomic E-state index is 5.98. The van der Waals surface area contributed by atoms with Gasteiger partial charge in [-0.25, -0.2) is 0 Å². The van der Waals surface area contributed by atoms with Gasteiger partial charge in [-0.05, 0) is 64.4 Å². The number of nitrogens with zero attached hydrogens (tertiary/aromatic N) is 1. The first-order valence-corrected chi connectivity index (χ1v) is 8.51. The molecular formula is C19H33NO. The minimum absolute atomic E-state index is 0.843. The van der Waals surface area contributed by atoms with Gasteiger partial charge in [0.1, 0.15) is 5.75 Å². The Morgan fingerprint density at radius 2 is 1.43 bits per heavy atom. The molecule has 0 aliphatic carbocycles. The van der Waals surface area contributed by atoms with Gasteiger partial charge in [0, 0.05) is 0 Å². The number of hydrogen-bond donors (Lipinski definition) is 0. The lowest BCUT2D eigenvalue weighted by atomic mass is 10.1. The van der Waals surface area contributed by atoms with E-state index in [0.29, 0.717) is 0 Å². The van der Waals surface area contributed by atoms with E-state index < -0.39 is 0 Å². The molecule has 0 saturated heterocycles. The lowest BCUT2D eigenvalue weighted by Gasteiger charge is -2.17. The maximum absolute atomic E-state index is 5.98. The number of benzene rings is 1. The van der Waals surface area contributed by atoms with Gasteiger partial charge in [-0.3, -0.25) is 0 Å². The SMILES string of the molecule is CCN(CC)CCCCCCOc1c(C)cc(C)cc1C. The fourth-order valence-corrected chi connectivity index (χ4v) is 2.90. The van der Waals surface area contributed by atoms with Crippen molar-refractivity contribution in [3.8, 4) is 5.75 Å². The minimum Gasteiger partial charge on any atom is -0.493 e. The fraction of sp³-hybridized carbons (Fsp3) is 0.684. The summed E-state index contributed by atoms with van der Waals surface area (Å²) in [6, 6.07) is 4.40. The largest absolute Gasteiger partial charge is 0.493 e. The normalized spacial score (nSPS) is 11.1. The van der Waals surface area contributed by atoms with E-state index in [1.807, 2.05) is 0 Å². The van der Waals surface area contributed by atoms with Crippen molar-refractivity contribution in [3.63, 3.8) is 0 Å². The van der Waals surface area contributed by atoms with Crippen molar-refractivity contribution < 1.29 is 4.74 Å². The Hall–Kier alpha value is -1.02. The lowest BCUT2D eigenvalue weighted by molar-refractivity contribution is 0.283. The van der Waals surface area contributed by atoms with E-state index >= 15 is 0 Å². The number of aryl methyl sites for hydroxylation is 3. The van der Waals surface area contributed by atoms with Gasteiger partial charge >= 0.3 is 0 Å². The van der Waals surface area contributed by atoms with Crippen molar-refractivity contribution >= 4 is 0 Å². The average molecular weight is 291 g/mol. The van der Waals surface area contributed by atoms with Crippen molar-refractivity contribution in [2.45, 2.75) is 60.3 Å². The monoisotopic (exact) mass is 291 g/mol. The van der Waals surface area contributed by atoms with Gasteiger partial charge < -0.3 is 9.64 Å². The van der Waals surface area contributed by atoms with Crippen LogP contribution >= 0.6 is 0 Å². The van der Waals surface area contributed by atoms with Crippen molar-refractivity contribution in [2.24, 2.45) is 0 Å². The Kier molecular flexibility index (Phi) is 8.44. The van der Waals surface area contributed by atoms with Gasteiger partial charge in [0.15, 0.2) is 0 Å². The summed E-state index contributed by atoms with van der Waals surface area (Å²) >= 11 is 0. The Bertz CT molecular complexity index is 387. The molecule has 0 bridgehead atoms. The van der Waals surface area contributed by atoms with Crippen molar-refractivity contribution in [3.05, 3.63) is 28.8 Å². The highest BCUT2D eigenvalue weighted by Crippen LogP contribution is 2.24. The molecule has 2 heteroatoms. The Morgan fingerprint density at radius 1 is 0.857 bits per heavy atom. The smallest absolute Gasteiger partial charge is 0.125 e. The topological polar surface area (TPSA) is 12.5 Å². The second-order valence-corrected chi connectivity index (χ2v) is 6.02. The van der Waals surface area contributed by atoms with E-state index in [-0.39, 0.29) is 0 Å². The van der Waals surface area contributed by atoms with E-state index in [1.54, 1.807) is 0 Å². The maximum Gasteiger partial charge on any atom is 0.125 e. The zero-order chi connectivity index (χ0) is 15.7. The summed E-state index contributed by atoms with van der Waals surface area (Å²) in [4.78, 5) is 2.50. The van der Waals surface area contributed by atoms with Crippen LogP contribution in [0.1, 0.15) is 56.2 Å². The molecule has 1 aromatic carbocycles. The number of unbranched alkanes of at least 4 members (excludes halogenated alkanes) is 3. The van der Waals surface area contributed by atoms with Gasteiger partial charge in [-0.15, -0.1) is 0 Å². The van der Waals surface area contributed by atoms with Crippen molar-refractivity contribution in [1.29, 1.82) is 0 Å². The van der Waals surface area contributed by atoms with E-state index in [2.05, 4.69) is 51.7 Å². The molecular weight excluding hydrogens is 258 g/mol. The van der Waals surface area contributed by atoms with Crippen LogP contribution < -0.4 is 4.74 Å². The summed E-state index contributed by atoms with van der Waals surface area (Å²) in [6.07, 6.45) is 5.05. The molecule has 0 unspecified atom stereocenters. The van der Waals surface area contributed by atoms with Crippen LogP contribution in [-0.4, -0.2) is 31.1 Å². The molecule has 0 saturated carbocycles. The Labute approximate surface area is 131 Å². The molecule has 0 heterocycles. The van der Waals surface area contributed by atoms with Crippen LogP contribution in [0.4, 0.5) is 0 Å². The number of rotatable bonds is 10. The molecule has 1 rings (SSSR count). The molecule has 0 fully saturated rings. The summed E-state index contributed by atoms with van der Waals surface area (Å²) in [5.74, 6) is 1.09. The van der Waals surface area contributed by atoms with Crippen molar-refractivity contribution in [1.82, 2.24) is 4.90 Å². The van der Waals surface area contributed by atoms with Gasteiger partial charge in [0.2, 0.25) is 0 Å². The highest BCUT2D eigenvalue weighted by molar-refractivity contribution is 5.42. The summed E-state index contributed by atoms with van der Waals surface area (Å²) in [6.45, 7) is 15.3. The highest BCUT2D eigenvalue weighted by Gasteiger charge is 2.04. The first-order valence-electron chi connectivity index (χ1n) is 8.51. The van der Waals surface area contributed by atoms with Crippen LogP contribution in [0.3, 0.4) is 0 Å². The van der Waals surface area contributed by atoms with Crippen LogP contribution in [0, 0.1) is 20.8 Å². The molecule has 0 N–H and O–H groups in total. The predicted octanol–water partition coefficient (Wildman–Crippen LogP) is 4.89. The molecule has 0 spiro atoms. The molecule has 2 nitrogen and oxygen atoms in total. The van der Waals surface area contributed by atoms with E-state index in [9.17, 15) is 0 Å². The van der Waals surface area contributed by atoms with E-state index in [4.69, 9.17) is 4.74 Å². The zero-order valence-corrected chi connectivity index (χ0v) is 14.7. The molecule has 21 heavy (non-hydrogen) atoms. The van der Waals surface area contributed by atoms with Crippen LogP contribution in [0.25, 0.3) is 0 Å². The molecule has 120 valence electrons. The summed E-state index contributed by atoms with van der Waals surface area (Å²) in [7, 11) is 0. The van der Waals surface area contributed by atoms with E-state index in [1.165, 1.54) is 55.6 Å².